The van der Waals surface area contributed by atoms with Crippen LogP contribution in [0.2, 0.25) is 0 Å². The third-order valence-electron chi connectivity index (χ3n) is 2.58. The van der Waals surface area contributed by atoms with Gasteiger partial charge in [0.1, 0.15) is 0 Å². The van der Waals surface area contributed by atoms with Crippen molar-refractivity contribution < 1.29 is 24.0 Å². The summed E-state index contributed by atoms with van der Waals surface area (Å²) in [6, 6.07) is 16.2. The van der Waals surface area contributed by atoms with E-state index >= 15 is 0 Å². The van der Waals surface area contributed by atoms with Crippen molar-refractivity contribution in [2.75, 3.05) is 0 Å². The van der Waals surface area contributed by atoms with Crippen LogP contribution in [0.1, 0.15) is 11.1 Å². The molecule has 0 spiro atoms. The Morgan fingerprint density at radius 1 is 0.842 bits per heavy atom. The Morgan fingerprint density at radius 3 is 1.53 bits per heavy atom. The fourth-order valence-corrected chi connectivity index (χ4v) is 2.33. The Labute approximate surface area is 110 Å². The Hall–Kier alpha value is -1.49. The van der Waals surface area contributed by atoms with E-state index in [0.29, 0.717) is 0 Å². The van der Waals surface area contributed by atoms with Crippen LogP contribution in [0.4, 0.5) is 0 Å². The van der Waals surface area contributed by atoms with Crippen LogP contribution in [0, 0.1) is 0 Å². The van der Waals surface area contributed by atoms with Gasteiger partial charge in [-0.05, 0) is 0 Å². The minimum absolute atomic E-state index is 0.240. The third kappa shape index (κ3) is 3.29. The van der Waals surface area contributed by atoms with Crippen molar-refractivity contribution in [1.82, 2.24) is 0 Å². The molecule has 0 heterocycles. The number of benzene rings is 2. The highest BCUT2D eigenvalue weighted by molar-refractivity contribution is 7.46. The van der Waals surface area contributed by atoms with Crippen molar-refractivity contribution in [3.05, 3.63) is 71.8 Å². The van der Waals surface area contributed by atoms with Gasteiger partial charge in [-0.1, -0.05) is 60.7 Å². The average molecular weight is 280 g/mol. The number of hydrogen-bond donors (Lipinski definition) is 3. The van der Waals surface area contributed by atoms with Gasteiger partial charge in [0.05, 0.1) is 0 Å². The molecule has 0 fully saturated rings. The molecule has 5 nitrogen and oxygen atoms in total. The van der Waals surface area contributed by atoms with Crippen LogP contribution >= 0.6 is 7.82 Å². The van der Waals surface area contributed by atoms with Gasteiger partial charge >= 0.3 is 7.82 Å². The smallest absolute Gasteiger partial charge is 0.358 e. The zero-order valence-corrected chi connectivity index (χ0v) is 10.8. The topological polar surface area (TPSA) is 87.0 Å². The van der Waals surface area contributed by atoms with Crippen molar-refractivity contribution in [3.63, 3.8) is 0 Å². The summed E-state index contributed by atoms with van der Waals surface area (Å²) >= 11 is 0. The van der Waals surface area contributed by atoms with Crippen LogP contribution in [0.25, 0.3) is 0 Å². The second-order valence-corrected chi connectivity index (χ2v) is 5.12. The first kappa shape index (κ1) is 13.9. The van der Waals surface area contributed by atoms with E-state index < -0.39 is 13.6 Å². The molecule has 0 amide bonds. The molecule has 0 aliphatic rings. The fraction of sp³-hybridized carbons (Fsp3) is 0.0769. The van der Waals surface area contributed by atoms with E-state index in [0.717, 1.165) is 0 Å². The van der Waals surface area contributed by atoms with E-state index in [1.165, 1.54) is 24.3 Å². The van der Waals surface area contributed by atoms with Crippen molar-refractivity contribution in [3.8, 4) is 0 Å². The minimum Gasteiger partial charge on any atom is -0.358 e. The zero-order valence-electron chi connectivity index (χ0n) is 9.88. The molecule has 2 aromatic carbocycles. The van der Waals surface area contributed by atoms with Crippen molar-refractivity contribution >= 4 is 7.82 Å². The lowest BCUT2D eigenvalue weighted by Crippen LogP contribution is -2.29. The number of phosphoric ester groups is 1. The molecule has 2 aromatic rings. The van der Waals surface area contributed by atoms with Crippen molar-refractivity contribution in [2.45, 2.75) is 5.79 Å². The quantitative estimate of drug-likeness (QED) is 0.589. The van der Waals surface area contributed by atoms with Crippen LogP contribution in [0.15, 0.2) is 60.7 Å². The highest BCUT2D eigenvalue weighted by atomic mass is 31.2. The summed E-state index contributed by atoms with van der Waals surface area (Å²) in [6.45, 7) is 0. The van der Waals surface area contributed by atoms with E-state index in [1.54, 1.807) is 36.4 Å². The molecule has 0 radical (unpaired) electrons. The SMILES string of the molecule is O=P(O)(O)OC(O)(c1ccccc1)c1ccccc1. The predicted molar refractivity (Wildman–Crippen MR) is 69.0 cm³/mol. The van der Waals surface area contributed by atoms with Gasteiger partial charge in [-0.3, -0.25) is 0 Å². The predicted octanol–water partition coefficient (Wildman–Crippen LogP) is 1.99. The molecule has 100 valence electrons. The molecule has 0 atom stereocenters. The molecule has 0 unspecified atom stereocenters. The van der Waals surface area contributed by atoms with E-state index in [-0.39, 0.29) is 11.1 Å². The lowest BCUT2D eigenvalue weighted by atomic mass is 9.98. The lowest BCUT2D eigenvalue weighted by Gasteiger charge is -2.28. The summed E-state index contributed by atoms with van der Waals surface area (Å²) in [5.74, 6) is -2.19. The first-order valence-electron chi connectivity index (χ1n) is 5.51. The van der Waals surface area contributed by atoms with Crippen molar-refractivity contribution in [2.24, 2.45) is 0 Å². The number of phosphoric acid groups is 1. The average Bonchev–Trinajstić information content (AvgIpc) is 2.39. The van der Waals surface area contributed by atoms with Gasteiger partial charge in [-0.25, -0.2) is 9.09 Å². The van der Waals surface area contributed by atoms with E-state index in [2.05, 4.69) is 4.52 Å². The van der Waals surface area contributed by atoms with Crippen molar-refractivity contribution in [1.29, 1.82) is 0 Å². The Morgan fingerprint density at radius 2 is 1.21 bits per heavy atom. The van der Waals surface area contributed by atoms with Gasteiger partial charge in [0.2, 0.25) is 5.79 Å². The fourth-order valence-electron chi connectivity index (χ4n) is 1.77. The lowest BCUT2D eigenvalue weighted by molar-refractivity contribution is -0.122. The molecule has 0 aliphatic heterocycles. The highest BCUT2D eigenvalue weighted by Gasteiger charge is 2.39. The molecular formula is C13H13O5P. The molecule has 19 heavy (non-hydrogen) atoms. The van der Waals surface area contributed by atoms with Crippen LogP contribution < -0.4 is 0 Å². The molecule has 6 heteroatoms. The number of rotatable bonds is 4. The van der Waals surface area contributed by atoms with Crippen LogP contribution in [-0.2, 0) is 14.9 Å². The number of hydrogen-bond acceptors (Lipinski definition) is 3. The summed E-state index contributed by atoms with van der Waals surface area (Å²) in [7, 11) is -4.87. The largest absolute Gasteiger partial charge is 0.472 e. The summed E-state index contributed by atoms with van der Waals surface area (Å²) < 4.78 is 15.7. The molecule has 0 aliphatic carbocycles. The maximum atomic E-state index is 11.1. The molecule has 2 rings (SSSR count). The molecular weight excluding hydrogens is 267 g/mol. The van der Waals surface area contributed by atoms with Gasteiger partial charge in [0.15, 0.2) is 0 Å². The maximum absolute atomic E-state index is 11.1. The minimum atomic E-state index is -4.87. The first-order valence-corrected chi connectivity index (χ1v) is 7.04. The summed E-state index contributed by atoms with van der Waals surface area (Å²) in [6.07, 6.45) is 0. The first-order chi connectivity index (χ1) is 8.92. The Balaban J connectivity index is 2.54. The molecule has 0 saturated carbocycles. The van der Waals surface area contributed by atoms with Gasteiger partial charge in [0.25, 0.3) is 0 Å². The van der Waals surface area contributed by atoms with Crippen LogP contribution in [0.5, 0.6) is 0 Å². The van der Waals surface area contributed by atoms with Gasteiger partial charge in [-0.2, -0.15) is 0 Å². The summed E-state index contributed by atoms with van der Waals surface area (Å²) in [5, 5.41) is 10.6. The second kappa shape index (κ2) is 5.25. The summed E-state index contributed by atoms with van der Waals surface area (Å²) in [4.78, 5) is 18.0. The highest BCUT2D eigenvalue weighted by Crippen LogP contribution is 2.47. The van der Waals surface area contributed by atoms with Gasteiger partial charge < -0.3 is 14.9 Å². The Bertz CT molecular complexity index is 539. The summed E-state index contributed by atoms with van der Waals surface area (Å²) in [5.41, 5.74) is 0.481. The Kier molecular flexibility index (Phi) is 3.85. The molecule has 0 aromatic heterocycles. The van der Waals surface area contributed by atoms with E-state index in [9.17, 15) is 9.67 Å². The monoisotopic (exact) mass is 280 g/mol. The maximum Gasteiger partial charge on any atom is 0.472 e. The van der Waals surface area contributed by atoms with Crippen LogP contribution in [-0.4, -0.2) is 14.9 Å². The second-order valence-electron chi connectivity index (χ2n) is 3.96. The number of aliphatic hydroxyl groups is 1. The molecule has 0 saturated heterocycles. The normalized spacial score (nSPS) is 12.4. The third-order valence-corrected chi connectivity index (χ3v) is 3.08. The molecule has 3 N–H and O–H groups in total. The molecule has 0 bridgehead atoms. The zero-order chi connectivity index (χ0) is 13.9. The van der Waals surface area contributed by atoms with E-state index in [1.807, 2.05) is 0 Å². The van der Waals surface area contributed by atoms with Gasteiger partial charge in [0, 0.05) is 11.1 Å². The van der Waals surface area contributed by atoms with Gasteiger partial charge in [-0.15, -0.1) is 0 Å². The van der Waals surface area contributed by atoms with E-state index in [4.69, 9.17) is 9.79 Å². The van der Waals surface area contributed by atoms with Crippen LogP contribution in [0.3, 0.4) is 0 Å². The standard InChI is InChI=1S/C13H13O5P/c14-13(18-19(15,16)17,11-7-3-1-4-8-11)12-9-5-2-6-10-12/h1-10,14H,(H2,15,16,17).